The van der Waals surface area contributed by atoms with Gasteiger partial charge in [-0.2, -0.15) is 0 Å². The summed E-state index contributed by atoms with van der Waals surface area (Å²) in [6.07, 6.45) is 4.09. The summed E-state index contributed by atoms with van der Waals surface area (Å²) >= 11 is 11.8. The van der Waals surface area contributed by atoms with Crippen LogP contribution in [0, 0.1) is 0 Å². The van der Waals surface area contributed by atoms with Gasteiger partial charge < -0.3 is 9.73 Å². The van der Waals surface area contributed by atoms with E-state index in [1.54, 1.807) is 18.6 Å². The van der Waals surface area contributed by atoms with E-state index < -0.39 is 5.67 Å². The Morgan fingerprint density at radius 1 is 1.24 bits per heavy atom. The normalized spacial score (nSPS) is 17.4. The average molecular weight is 385 g/mol. The van der Waals surface area contributed by atoms with Crippen LogP contribution in [0.2, 0.25) is 10.0 Å². The molecule has 1 amide bonds. The summed E-state index contributed by atoms with van der Waals surface area (Å²) in [5.41, 5.74) is 0.0151. The number of furan rings is 1. The molecule has 25 heavy (non-hydrogen) atoms. The van der Waals surface area contributed by atoms with Gasteiger partial charge in [0.05, 0.1) is 19.1 Å². The fourth-order valence-corrected chi connectivity index (χ4v) is 3.48. The Balaban J connectivity index is 1.50. The molecule has 1 aliphatic rings. The van der Waals surface area contributed by atoms with E-state index in [0.717, 1.165) is 12.1 Å². The summed E-state index contributed by atoms with van der Waals surface area (Å²) in [4.78, 5) is 14.4. The second kappa shape index (κ2) is 7.77. The summed E-state index contributed by atoms with van der Waals surface area (Å²) in [5, 5.41) is 3.41. The number of nitrogens with one attached hydrogen (secondary N) is 1. The van der Waals surface area contributed by atoms with E-state index in [9.17, 15) is 9.18 Å². The van der Waals surface area contributed by atoms with Crippen molar-refractivity contribution in [3.05, 3.63) is 58.0 Å². The molecule has 0 unspecified atom stereocenters. The Labute approximate surface area is 155 Å². The Morgan fingerprint density at radius 2 is 1.92 bits per heavy atom. The molecule has 0 radical (unpaired) electrons. The Bertz CT molecular complexity index is 708. The standard InChI is InChI=1S/C18H19Cl2FN2O2/c19-15-7-14(8-16(20)9-15)17(24)22-12-18(21)2-4-23(5-3-18)10-13-1-6-25-11-13/h1,6-9,11H,2-5,10,12H2,(H,22,24). The topological polar surface area (TPSA) is 45.5 Å². The molecule has 134 valence electrons. The van der Waals surface area contributed by atoms with E-state index in [0.29, 0.717) is 41.5 Å². The zero-order valence-electron chi connectivity index (χ0n) is 13.6. The van der Waals surface area contributed by atoms with E-state index in [1.807, 2.05) is 6.07 Å². The van der Waals surface area contributed by atoms with Gasteiger partial charge in [-0.25, -0.2) is 4.39 Å². The molecule has 1 aliphatic heterocycles. The van der Waals surface area contributed by atoms with Crippen LogP contribution >= 0.6 is 23.2 Å². The molecule has 3 rings (SSSR count). The number of rotatable bonds is 5. The number of hydrogen-bond donors (Lipinski definition) is 1. The summed E-state index contributed by atoms with van der Waals surface area (Å²) < 4.78 is 20.0. The Hall–Kier alpha value is -1.56. The van der Waals surface area contributed by atoms with Gasteiger partial charge in [-0.1, -0.05) is 23.2 Å². The molecule has 0 saturated carbocycles. The zero-order chi connectivity index (χ0) is 17.9. The molecule has 2 heterocycles. The third-order valence-electron chi connectivity index (χ3n) is 4.43. The average Bonchev–Trinajstić information content (AvgIpc) is 3.07. The lowest BCUT2D eigenvalue weighted by Crippen LogP contribution is -2.48. The molecule has 0 bridgehead atoms. The fourth-order valence-electron chi connectivity index (χ4n) is 2.96. The maximum Gasteiger partial charge on any atom is 0.251 e. The van der Waals surface area contributed by atoms with E-state index in [1.165, 1.54) is 12.1 Å². The number of likely N-dealkylation sites (tertiary alicyclic amines) is 1. The van der Waals surface area contributed by atoms with Crippen molar-refractivity contribution in [2.45, 2.75) is 25.1 Å². The Kier molecular flexibility index (Phi) is 5.67. The quantitative estimate of drug-likeness (QED) is 0.834. The maximum atomic E-state index is 14.9. The fraction of sp³-hybridized carbons (Fsp3) is 0.389. The van der Waals surface area contributed by atoms with Crippen molar-refractivity contribution in [3.63, 3.8) is 0 Å². The van der Waals surface area contributed by atoms with E-state index >= 15 is 0 Å². The molecule has 7 heteroatoms. The molecule has 1 fully saturated rings. The van der Waals surface area contributed by atoms with Crippen LogP contribution in [0.15, 0.2) is 41.2 Å². The largest absolute Gasteiger partial charge is 0.472 e. The van der Waals surface area contributed by atoms with E-state index in [4.69, 9.17) is 27.6 Å². The molecule has 0 atom stereocenters. The highest BCUT2D eigenvalue weighted by molar-refractivity contribution is 6.35. The van der Waals surface area contributed by atoms with Crippen LogP contribution in [0.5, 0.6) is 0 Å². The number of nitrogens with zero attached hydrogens (tertiary/aromatic N) is 1. The van der Waals surface area contributed by atoms with Gasteiger partial charge in [0.15, 0.2) is 0 Å². The van der Waals surface area contributed by atoms with Crippen molar-refractivity contribution in [2.75, 3.05) is 19.6 Å². The van der Waals surface area contributed by atoms with Crippen LogP contribution in [-0.2, 0) is 6.54 Å². The van der Waals surface area contributed by atoms with Gasteiger partial charge in [-0.05, 0) is 37.1 Å². The van der Waals surface area contributed by atoms with Gasteiger partial charge in [0.25, 0.3) is 5.91 Å². The third-order valence-corrected chi connectivity index (χ3v) is 4.87. The minimum atomic E-state index is -1.40. The first-order valence-electron chi connectivity index (χ1n) is 8.10. The summed E-state index contributed by atoms with van der Waals surface area (Å²) in [6.45, 7) is 2.01. The van der Waals surface area contributed by atoms with Crippen molar-refractivity contribution in [3.8, 4) is 0 Å². The number of alkyl halides is 1. The first kappa shape index (κ1) is 18.2. The predicted molar refractivity (Wildman–Crippen MR) is 95.9 cm³/mol. The van der Waals surface area contributed by atoms with Gasteiger partial charge in [-0.3, -0.25) is 9.69 Å². The number of piperidine rings is 1. The molecular weight excluding hydrogens is 366 g/mol. The van der Waals surface area contributed by atoms with Gasteiger partial charge in [0, 0.05) is 40.8 Å². The van der Waals surface area contributed by atoms with Crippen molar-refractivity contribution >= 4 is 29.1 Å². The van der Waals surface area contributed by atoms with Gasteiger partial charge in [-0.15, -0.1) is 0 Å². The second-order valence-electron chi connectivity index (χ2n) is 6.40. The summed E-state index contributed by atoms with van der Waals surface area (Å²) in [5.74, 6) is -0.373. The minimum absolute atomic E-state index is 0.0183. The van der Waals surface area contributed by atoms with Crippen molar-refractivity contribution < 1.29 is 13.6 Å². The minimum Gasteiger partial charge on any atom is -0.472 e. The van der Waals surface area contributed by atoms with Crippen LogP contribution in [-0.4, -0.2) is 36.1 Å². The van der Waals surface area contributed by atoms with E-state index in [-0.39, 0.29) is 12.5 Å². The van der Waals surface area contributed by atoms with Crippen molar-refractivity contribution in [2.24, 2.45) is 0 Å². The van der Waals surface area contributed by atoms with Gasteiger partial charge in [0.2, 0.25) is 0 Å². The zero-order valence-corrected chi connectivity index (χ0v) is 15.1. The number of benzene rings is 1. The molecule has 0 aliphatic carbocycles. The van der Waals surface area contributed by atoms with Crippen LogP contribution in [0.25, 0.3) is 0 Å². The van der Waals surface area contributed by atoms with Crippen LogP contribution < -0.4 is 5.32 Å². The monoisotopic (exact) mass is 384 g/mol. The van der Waals surface area contributed by atoms with E-state index in [2.05, 4.69) is 10.2 Å². The first-order valence-corrected chi connectivity index (χ1v) is 8.86. The number of amides is 1. The smallest absolute Gasteiger partial charge is 0.251 e. The highest BCUT2D eigenvalue weighted by Gasteiger charge is 2.35. The Morgan fingerprint density at radius 3 is 2.52 bits per heavy atom. The first-order chi connectivity index (χ1) is 11.9. The molecule has 1 N–H and O–H groups in total. The lowest BCUT2D eigenvalue weighted by atomic mass is 9.93. The molecule has 0 spiro atoms. The maximum absolute atomic E-state index is 14.9. The molecule has 4 nitrogen and oxygen atoms in total. The molecule has 1 aromatic heterocycles. The predicted octanol–water partition coefficient (Wildman–Crippen LogP) is 4.32. The molecular formula is C18H19Cl2FN2O2. The summed E-state index contributed by atoms with van der Waals surface area (Å²) in [7, 11) is 0. The third kappa shape index (κ3) is 4.97. The van der Waals surface area contributed by atoms with Crippen LogP contribution in [0.3, 0.4) is 0 Å². The number of hydrogen-bond acceptors (Lipinski definition) is 3. The van der Waals surface area contributed by atoms with Gasteiger partial charge in [0.1, 0.15) is 5.67 Å². The summed E-state index contributed by atoms with van der Waals surface area (Å²) in [6, 6.07) is 6.49. The second-order valence-corrected chi connectivity index (χ2v) is 7.27. The lowest BCUT2D eigenvalue weighted by Gasteiger charge is -2.36. The number of carbonyl (C=O) groups is 1. The number of carbonyl (C=O) groups excluding carboxylic acids is 1. The van der Waals surface area contributed by atoms with Crippen LogP contribution in [0.1, 0.15) is 28.8 Å². The lowest BCUT2D eigenvalue weighted by molar-refractivity contribution is 0.0517. The number of halogens is 3. The van der Waals surface area contributed by atoms with Crippen molar-refractivity contribution in [1.82, 2.24) is 10.2 Å². The van der Waals surface area contributed by atoms with Crippen LogP contribution in [0.4, 0.5) is 4.39 Å². The highest BCUT2D eigenvalue weighted by Crippen LogP contribution is 2.27. The molecule has 1 aromatic carbocycles. The highest BCUT2D eigenvalue weighted by atomic mass is 35.5. The SMILES string of the molecule is O=C(NCC1(F)CCN(Cc2ccoc2)CC1)c1cc(Cl)cc(Cl)c1. The van der Waals surface area contributed by atoms with Crippen molar-refractivity contribution in [1.29, 1.82) is 0 Å². The molecule has 2 aromatic rings. The van der Waals surface area contributed by atoms with Gasteiger partial charge >= 0.3 is 0 Å². The molecule has 1 saturated heterocycles.